The van der Waals surface area contributed by atoms with E-state index in [4.69, 9.17) is 4.52 Å². The van der Waals surface area contributed by atoms with Crippen LogP contribution in [0.25, 0.3) is 0 Å². The maximum absolute atomic E-state index is 12.4. The number of hydrogen-bond acceptors (Lipinski definition) is 4. The fraction of sp³-hybridized carbons (Fsp3) is 0.474. The van der Waals surface area contributed by atoms with Gasteiger partial charge in [0.25, 0.3) is 0 Å². The normalized spacial score (nSPS) is 17.6. The van der Waals surface area contributed by atoms with Gasteiger partial charge in [0.15, 0.2) is 0 Å². The SMILES string of the molecule is Cc1cc(NC(=O)C(C)N2CCC(Cc3ccccc3)CC2)on1. The van der Waals surface area contributed by atoms with Gasteiger partial charge in [-0.3, -0.25) is 15.0 Å². The number of anilines is 1. The van der Waals surface area contributed by atoms with Crippen molar-refractivity contribution in [1.82, 2.24) is 10.1 Å². The summed E-state index contributed by atoms with van der Waals surface area (Å²) in [6.45, 7) is 5.71. The van der Waals surface area contributed by atoms with Crippen LogP contribution in [0.3, 0.4) is 0 Å². The summed E-state index contributed by atoms with van der Waals surface area (Å²) in [5.41, 5.74) is 2.17. The first-order valence-electron chi connectivity index (χ1n) is 8.64. The van der Waals surface area contributed by atoms with Gasteiger partial charge in [0.1, 0.15) is 0 Å². The quantitative estimate of drug-likeness (QED) is 0.916. The number of amides is 1. The predicted octanol–water partition coefficient (Wildman–Crippen LogP) is 3.26. The highest BCUT2D eigenvalue weighted by molar-refractivity contribution is 5.93. The Labute approximate surface area is 143 Å². The summed E-state index contributed by atoms with van der Waals surface area (Å²) in [6.07, 6.45) is 3.40. The van der Waals surface area contributed by atoms with Gasteiger partial charge < -0.3 is 4.52 Å². The molecule has 0 aliphatic carbocycles. The van der Waals surface area contributed by atoms with E-state index in [2.05, 4.69) is 45.7 Å². The maximum Gasteiger partial charge on any atom is 0.243 e. The third kappa shape index (κ3) is 4.23. The molecule has 0 bridgehead atoms. The molecule has 2 heterocycles. The number of benzene rings is 1. The van der Waals surface area contributed by atoms with Gasteiger partial charge in [0, 0.05) is 6.07 Å². The van der Waals surface area contributed by atoms with Crippen LogP contribution in [0.15, 0.2) is 40.9 Å². The molecule has 0 saturated carbocycles. The number of likely N-dealkylation sites (tertiary alicyclic amines) is 1. The van der Waals surface area contributed by atoms with Crippen LogP contribution in [-0.4, -0.2) is 35.1 Å². The molecule has 1 aromatic heterocycles. The molecule has 5 heteroatoms. The fourth-order valence-corrected chi connectivity index (χ4v) is 3.31. The van der Waals surface area contributed by atoms with Gasteiger partial charge in [-0.25, -0.2) is 0 Å². The van der Waals surface area contributed by atoms with Crippen molar-refractivity contribution in [2.24, 2.45) is 5.92 Å². The van der Waals surface area contributed by atoms with Crippen LogP contribution in [-0.2, 0) is 11.2 Å². The van der Waals surface area contributed by atoms with Crippen molar-refractivity contribution in [3.05, 3.63) is 47.7 Å². The zero-order valence-corrected chi connectivity index (χ0v) is 14.4. The Morgan fingerprint density at radius 3 is 2.67 bits per heavy atom. The van der Waals surface area contributed by atoms with Crippen LogP contribution in [0.4, 0.5) is 5.88 Å². The van der Waals surface area contributed by atoms with Crippen molar-refractivity contribution in [3.8, 4) is 0 Å². The number of rotatable bonds is 5. The van der Waals surface area contributed by atoms with Crippen LogP contribution in [0.1, 0.15) is 31.0 Å². The van der Waals surface area contributed by atoms with Crippen LogP contribution < -0.4 is 5.32 Å². The number of carbonyl (C=O) groups is 1. The summed E-state index contributed by atoms with van der Waals surface area (Å²) in [5.74, 6) is 1.09. The van der Waals surface area contributed by atoms with E-state index in [1.807, 2.05) is 13.8 Å². The monoisotopic (exact) mass is 327 g/mol. The van der Waals surface area contributed by atoms with E-state index in [0.717, 1.165) is 38.0 Å². The lowest BCUT2D eigenvalue weighted by Crippen LogP contribution is -2.46. The third-order valence-electron chi connectivity index (χ3n) is 4.82. The average Bonchev–Trinajstić information content (AvgIpc) is 3.00. The number of carbonyl (C=O) groups excluding carboxylic acids is 1. The number of nitrogens with zero attached hydrogens (tertiary/aromatic N) is 2. The van der Waals surface area contributed by atoms with Crippen molar-refractivity contribution in [2.75, 3.05) is 18.4 Å². The highest BCUT2D eigenvalue weighted by Crippen LogP contribution is 2.23. The maximum atomic E-state index is 12.4. The molecule has 5 nitrogen and oxygen atoms in total. The summed E-state index contributed by atoms with van der Waals surface area (Å²) in [4.78, 5) is 14.6. The fourth-order valence-electron chi connectivity index (χ4n) is 3.31. The minimum Gasteiger partial charge on any atom is -0.338 e. The van der Waals surface area contributed by atoms with Crippen molar-refractivity contribution in [1.29, 1.82) is 0 Å². The molecule has 3 rings (SSSR count). The molecule has 1 aliphatic rings. The predicted molar refractivity (Wildman–Crippen MR) is 93.8 cm³/mol. The lowest BCUT2D eigenvalue weighted by Gasteiger charge is -2.35. The van der Waals surface area contributed by atoms with Crippen molar-refractivity contribution in [2.45, 2.75) is 39.2 Å². The minimum absolute atomic E-state index is 0.0346. The first-order valence-corrected chi connectivity index (χ1v) is 8.64. The van der Waals surface area contributed by atoms with E-state index in [1.54, 1.807) is 6.07 Å². The molecule has 1 saturated heterocycles. The Morgan fingerprint density at radius 2 is 2.04 bits per heavy atom. The van der Waals surface area contributed by atoms with Crippen LogP contribution in [0.2, 0.25) is 0 Å². The molecule has 1 atom stereocenters. The first-order chi connectivity index (χ1) is 11.6. The van der Waals surface area contributed by atoms with Gasteiger partial charge in [-0.05, 0) is 57.7 Å². The van der Waals surface area contributed by atoms with E-state index in [1.165, 1.54) is 5.56 Å². The summed E-state index contributed by atoms with van der Waals surface area (Å²) in [7, 11) is 0. The van der Waals surface area contributed by atoms with E-state index in [0.29, 0.717) is 11.8 Å². The number of aromatic nitrogens is 1. The molecule has 1 unspecified atom stereocenters. The zero-order chi connectivity index (χ0) is 16.9. The zero-order valence-electron chi connectivity index (χ0n) is 14.4. The number of aryl methyl sites for hydroxylation is 1. The molecule has 2 aromatic rings. The standard InChI is InChI=1S/C19H25N3O2/c1-14-12-18(24-21-14)20-19(23)15(2)22-10-8-17(9-11-22)13-16-6-4-3-5-7-16/h3-7,12,15,17H,8-11,13H2,1-2H3,(H,20,23). The van der Waals surface area contributed by atoms with Gasteiger partial charge in [-0.2, -0.15) is 0 Å². The first kappa shape index (κ1) is 16.7. The lowest BCUT2D eigenvalue weighted by molar-refractivity contribution is -0.121. The second-order valence-electron chi connectivity index (χ2n) is 6.67. The van der Waals surface area contributed by atoms with Crippen LogP contribution in [0, 0.1) is 12.8 Å². The van der Waals surface area contributed by atoms with E-state index >= 15 is 0 Å². The summed E-state index contributed by atoms with van der Waals surface area (Å²) >= 11 is 0. The molecule has 24 heavy (non-hydrogen) atoms. The Hall–Kier alpha value is -2.14. The Morgan fingerprint density at radius 1 is 1.33 bits per heavy atom. The van der Waals surface area contributed by atoms with Crippen molar-refractivity contribution >= 4 is 11.8 Å². The van der Waals surface area contributed by atoms with Crippen LogP contribution >= 0.6 is 0 Å². The van der Waals surface area contributed by atoms with Gasteiger partial charge in [-0.1, -0.05) is 35.5 Å². The largest absolute Gasteiger partial charge is 0.338 e. The summed E-state index contributed by atoms with van der Waals surface area (Å²) in [5, 5.41) is 6.59. The number of nitrogens with one attached hydrogen (secondary N) is 1. The number of piperidine rings is 1. The molecular formula is C19H25N3O2. The Kier molecular flexibility index (Phi) is 5.30. The second kappa shape index (κ2) is 7.62. The van der Waals surface area contributed by atoms with Gasteiger partial charge in [0.2, 0.25) is 11.8 Å². The lowest BCUT2D eigenvalue weighted by atomic mass is 9.89. The smallest absolute Gasteiger partial charge is 0.243 e. The van der Waals surface area contributed by atoms with E-state index < -0.39 is 0 Å². The minimum atomic E-state index is -0.159. The number of hydrogen-bond donors (Lipinski definition) is 1. The molecule has 128 valence electrons. The average molecular weight is 327 g/mol. The summed E-state index contributed by atoms with van der Waals surface area (Å²) in [6, 6.07) is 12.2. The Balaban J connectivity index is 1.47. The van der Waals surface area contributed by atoms with Gasteiger partial charge in [0.05, 0.1) is 11.7 Å². The van der Waals surface area contributed by atoms with E-state index in [-0.39, 0.29) is 11.9 Å². The molecule has 0 spiro atoms. The highest BCUT2D eigenvalue weighted by atomic mass is 16.5. The van der Waals surface area contributed by atoms with Crippen molar-refractivity contribution < 1.29 is 9.32 Å². The highest BCUT2D eigenvalue weighted by Gasteiger charge is 2.27. The Bertz CT molecular complexity index is 660. The third-order valence-corrected chi connectivity index (χ3v) is 4.82. The van der Waals surface area contributed by atoms with Gasteiger partial charge in [-0.15, -0.1) is 0 Å². The van der Waals surface area contributed by atoms with E-state index in [9.17, 15) is 4.79 Å². The molecule has 1 aliphatic heterocycles. The second-order valence-corrected chi connectivity index (χ2v) is 6.67. The molecule has 1 fully saturated rings. The molecular weight excluding hydrogens is 302 g/mol. The molecule has 1 aromatic carbocycles. The topological polar surface area (TPSA) is 58.4 Å². The molecule has 1 N–H and O–H groups in total. The van der Waals surface area contributed by atoms with Crippen molar-refractivity contribution in [3.63, 3.8) is 0 Å². The van der Waals surface area contributed by atoms with Crippen LogP contribution in [0.5, 0.6) is 0 Å². The molecule has 0 radical (unpaired) electrons. The molecule has 1 amide bonds. The summed E-state index contributed by atoms with van der Waals surface area (Å²) < 4.78 is 5.06. The van der Waals surface area contributed by atoms with Gasteiger partial charge >= 0.3 is 0 Å².